The molecule has 0 spiro atoms. The molecule has 1 saturated heterocycles. The fraction of sp³-hybridized carbons (Fsp3) is 0.409. The van der Waals surface area contributed by atoms with Crippen molar-refractivity contribution in [3.05, 3.63) is 48.0 Å². The lowest BCUT2D eigenvalue weighted by atomic mass is 10.0. The molecule has 5 rings (SSSR count). The highest BCUT2D eigenvalue weighted by Crippen LogP contribution is 2.35. The van der Waals surface area contributed by atoms with Crippen molar-refractivity contribution in [2.45, 2.75) is 32.7 Å². The maximum absolute atomic E-state index is 13.0. The first kappa shape index (κ1) is 18.9. The van der Waals surface area contributed by atoms with Crippen molar-refractivity contribution in [2.24, 2.45) is 0 Å². The van der Waals surface area contributed by atoms with E-state index in [2.05, 4.69) is 45.4 Å². The van der Waals surface area contributed by atoms with Crippen LogP contribution in [0.25, 0.3) is 5.65 Å². The molecule has 2 amide bonds. The lowest BCUT2D eigenvalue weighted by Crippen LogP contribution is -2.57. The van der Waals surface area contributed by atoms with Gasteiger partial charge in [-0.1, -0.05) is 0 Å². The average Bonchev–Trinajstić information content (AvgIpc) is 3.29. The Morgan fingerprint density at radius 2 is 2.07 bits per heavy atom. The predicted molar refractivity (Wildman–Crippen MR) is 119 cm³/mol. The molecule has 0 atom stereocenters. The third kappa shape index (κ3) is 3.37. The average molecular weight is 406 g/mol. The number of carbonyl (C=O) groups is 1. The van der Waals surface area contributed by atoms with Gasteiger partial charge in [0, 0.05) is 61.6 Å². The Labute approximate surface area is 175 Å². The van der Waals surface area contributed by atoms with Crippen LogP contribution in [0, 0.1) is 6.92 Å². The van der Waals surface area contributed by atoms with E-state index in [9.17, 15) is 4.79 Å². The standard InChI is InChI=1S/C22H27N7O/c1-15-12-28-13-16(4-5-19(28)25-15)26-21(30)29-10-7-17-18(6-8-23-20(17)29)27-11-9-24-22(2,3)14-27/h4-6,8,12-13,24H,7,9-11,14H2,1-3H3,(H,26,30). The van der Waals surface area contributed by atoms with Crippen molar-refractivity contribution in [1.29, 1.82) is 0 Å². The van der Waals surface area contributed by atoms with Crippen LogP contribution in [-0.2, 0) is 6.42 Å². The van der Waals surface area contributed by atoms with Crippen LogP contribution in [0.5, 0.6) is 0 Å². The molecular weight excluding hydrogens is 378 g/mol. The third-order valence-electron chi connectivity index (χ3n) is 5.83. The summed E-state index contributed by atoms with van der Waals surface area (Å²) in [6.45, 7) is 9.86. The minimum absolute atomic E-state index is 0.0639. The van der Waals surface area contributed by atoms with E-state index in [-0.39, 0.29) is 11.6 Å². The van der Waals surface area contributed by atoms with Gasteiger partial charge < -0.3 is 19.9 Å². The quantitative estimate of drug-likeness (QED) is 0.686. The van der Waals surface area contributed by atoms with Crippen molar-refractivity contribution in [2.75, 3.05) is 41.3 Å². The van der Waals surface area contributed by atoms with E-state index in [1.165, 1.54) is 5.69 Å². The Balaban J connectivity index is 1.38. The minimum atomic E-state index is -0.157. The van der Waals surface area contributed by atoms with Crippen LogP contribution < -0.4 is 20.4 Å². The zero-order valence-corrected chi connectivity index (χ0v) is 17.6. The first-order valence-corrected chi connectivity index (χ1v) is 10.4. The first-order chi connectivity index (χ1) is 14.4. The van der Waals surface area contributed by atoms with Crippen molar-refractivity contribution in [1.82, 2.24) is 19.7 Å². The SMILES string of the molecule is Cc1cn2cc(NC(=O)N3CCc4c(N5CCNC(C)(C)C5)ccnc43)ccc2n1. The van der Waals surface area contributed by atoms with Crippen molar-refractivity contribution in [3.63, 3.8) is 0 Å². The Hall–Kier alpha value is -3.13. The maximum atomic E-state index is 13.0. The molecule has 156 valence electrons. The molecule has 2 N–H and O–H groups in total. The van der Waals surface area contributed by atoms with Crippen molar-refractivity contribution < 1.29 is 4.79 Å². The number of fused-ring (bicyclic) bond motifs is 2. The van der Waals surface area contributed by atoms with Crippen LogP contribution in [-0.4, -0.2) is 52.1 Å². The molecule has 2 aliphatic rings. The summed E-state index contributed by atoms with van der Waals surface area (Å²) in [4.78, 5) is 26.2. The van der Waals surface area contributed by atoms with Crippen molar-refractivity contribution in [3.8, 4) is 0 Å². The Bertz CT molecular complexity index is 1120. The van der Waals surface area contributed by atoms with Crippen LogP contribution in [0.1, 0.15) is 25.1 Å². The van der Waals surface area contributed by atoms with Crippen LogP contribution in [0.2, 0.25) is 0 Å². The number of piperazine rings is 1. The molecule has 0 aromatic carbocycles. The van der Waals surface area contributed by atoms with Crippen LogP contribution in [0.15, 0.2) is 36.8 Å². The van der Waals surface area contributed by atoms with Gasteiger partial charge in [-0.2, -0.15) is 0 Å². The summed E-state index contributed by atoms with van der Waals surface area (Å²) < 4.78 is 1.92. The van der Waals surface area contributed by atoms with E-state index < -0.39 is 0 Å². The molecule has 8 nitrogen and oxygen atoms in total. The molecule has 0 unspecified atom stereocenters. The molecule has 2 aliphatic heterocycles. The Morgan fingerprint density at radius 1 is 1.20 bits per heavy atom. The van der Waals surface area contributed by atoms with E-state index in [4.69, 9.17) is 0 Å². The zero-order valence-electron chi connectivity index (χ0n) is 17.6. The summed E-state index contributed by atoms with van der Waals surface area (Å²) in [5.41, 5.74) is 4.96. The molecule has 1 fully saturated rings. The Morgan fingerprint density at radius 3 is 2.90 bits per heavy atom. The maximum Gasteiger partial charge on any atom is 0.327 e. The summed E-state index contributed by atoms with van der Waals surface area (Å²) in [5.74, 6) is 0.765. The van der Waals surface area contributed by atoms with E-state index in [1.807, 2.05) is 42.0 Å². The smallest absolute Gasteiger partial charge is 0.327 e. The number of anilines is 3. The van der Waals surface area contributed by atoms with E-state index in [0.717, 1.165) is 54.5 Å². The number of urea groups is 1. The van der Waals surface area contributed by atoms with E-state index in [1.54, 1.807) is 4.90 Å². The number of nitrogens with one attached hydrogen (secondary N) is 2. The second kappa shape index (κ2) is 6.98. The normalized spacial score (nSPS) is 18.0. The lowest BCUT2D eigenvalue weighted by molar-refractivity contribution is 0.257. The predicted octanol–water partition coefficient (Wildman–Crippen LogP) is 2.82. The molecule has 5 heterocycles. The zero-order chi connectivity index (χ0) is 20.9. The molecule has 30 heavy (non-hydrogen) atoms. The van der Waals surface area contributed by atoms with Crippen LogP contribution in [0.3, 0.4) is 0 Å². The fourth-order valence-electron chi connectivity index (χ4n) is 4.50. The van der Waals surface area contributed by atoms with Crippen LogP contribution in [0.4, 0.5) is 22.0 Å². The number of amides is 2. The first-order valence-electron chi connectivity index (χ1n) is 10.4. The topological polar surface area (TPSA) is 77.8 Å². The number of hydrogen-bond acceptors (Lipinski definition) is 5. The van der Waals surface area contributed by atoms with Crippen molar-refractivity contribution >= 4 is 28.9 Å². The highest BCUT2D eigenvalue weighted by molar-refractivity contribution is 6.03. The highest BCUT2D eigenvalue weighted by Gasteiger charge is 2.32. The van der Waals surface area contributed by atoms with E-state index in [0.29, 0.717) is 6.54 Å². The molecule has 0 saturated carbocycles. The molecule has 8 heteroatoms. The highest BCUT2D eigenvalue weighted by atomic mass is 16.2. The van der Waals surface area contributed by atoms with Crippen LogP contribution >= 0.6 is 0 Å². The van der Waals surface area contributed by atoms with Gasteiger partial charge in [-0.25, -0.2) is 14.8 Å². The number of imidazole rings is 1. The molecule has 3 aromatic heterocycles. The fourth-order valence-corrected chi connectivity index (χ4v) is 4.50. The summed E-state index contributed by atoms with van der Waals surface area (Å²) >= 11 is 0. The monoisotopic (exact) mass is 405 g/mol. The number of rotatable bonds is 2. The number of nitrogens with zero attached hydrogens (tertiary/aromatic N) is 5. The molecular formula is C22H27N7O. The largest absolute Gasteiger partial charge is 0.368 e. The summed E-state index contributed by atoms with van der Waals surface area (Å²) in [6.07, 6.45) is 6.46. The van der Waals surface area contributed by atoms with Gasteiger partial charge in [-0.05, 0) is 45.4 Å². The van der Waals surface area contributed by atoms with Gasteiger partial charge in [0.05, 0.1) is 11.4 Å². The second-order valence-electron chi connectivity index (χ2n) is 8.76. The molecule has 0 aliphatic carbocycles. The molecule has 0 bridgehead atoms. The van der Waals surface area contributed by atoms with Gasteiger partial charge in [-0.15, -0.1) is 0 Å². The summed E-state index contributed by atoms with van der Waals surface area (Å²) in [7, 11) is 0. The van der Waals surface area contributed by atoms with Gasteiger partial charge in [0.1, 0.15) is 11.5 Å². The number of aryl methyl sites for hydroxylation is 1. The van der Waals surface area contributed by atoms with Gasteiger partial charge in [0.2, 0.25) is 0 Å². The minimum Gasteiger partial charge on any atom is -0.368 e. The number of aromatic nitrogens is 3. The molecule has 0 radical (unpaired) electrons. The van der Waals surface area contributed by atoms with E-state index >= 15 is 0 Å². The van der Waals surface area contributed by atoms with Gasteiger partial charge in [0.15, 0.2) is 0 Å². The summed E-state index contributed by atoms with van der Waals surface area (Å²) in [5, 5.41) is 6.57. The second-order valence-corrected chi connectivity index (χ2v) is 8.76. The lowest BCUT2D eigenvalue weighted by Gasteiger charge is -2.41. The number of pyridine rings is 2. The van der Waals surface area contributed by atoms with Gasteiger partial charge in [0.25, 0.3) is 0 Å². The molecule has 3 aromatic rings. The Kier molecular flexibility index (Phi) is 4.39. The summed E-state index contributed by atoms with van der Waals surface area (Å²) in [6, 6.07) is 5.71. The van der Waals surface area contributed by atoms with Gasteiger partial charge in [-0.3, -0.25) is 4.90 Å². The third-order valence-corrected chi connectivity index (χ3v) is 5.83. The number of carbonyl (C=O) groups excluding carboxylic acids is 1. The van der Waals surface area contributed by atoms with Gasteiger partial charge >= 0.3 is 6.03 Å². The number of hydrogen-bond donors (Lipinski definition) is 2.